The van der Waals surface area contributed by atoms with Gasteiger partial charge in [0.25, 0.3) is 11.1 Å². The number of benzene rings is 3. The maximum Gasteiger partial charge on any atom is 0.293 e. The summed E-state index contributed by atoms with van der Waals surface area (Å²) in [6.45, 7) is 0.589. The van der Waals surface area contributed by atoms with Gasteiger partial charge in [-0.3, -0.25) is 14.5 Å². The number of imide groups is 1. The SMILES string of the molecule is COc1ccc(/C=C2/SC(=O)N(Cc3ccc(Cl)cc3)C2=O)cc1OCc1ccccc1. The molecular formula is C25H20ClNO4S. The van der Waals surface area contributed by atoms with Gasteiger partial charge in [-0.25, -0.2) is 0 Å². The van der Waals surface area contributed by atoms with Crippen molar-refractivity contribution in [1.29, 1.82) is 0 Å². The van der Waals surface area contributed by atoms with E-state index in [4.69, 9.17) is 21.1 Å². The molecule has 0 saturated carbocycles. The molecule has 1 saturated heterocycles. The molecule has 0 spiro atoms. The van der Waals surface area contributed by atoms with Crippen LogP contribution in [0, 0.1) is 0 Å². The van der Waals surface area contributed by atoms with E-state index in [1.165, 1.54) is 4.90 Å². The molecule has 0 aliphatic carbocycles. The zero-order valence-electron chi connectivity index (χ0n) is 17.3. The van der Waals surface area contributed by atoms with Gasteiger partial charge in [-0.05, 0) is 58.8 Å². The molecule has 0 aromatic heterocycles. The highest BCUT2D eigenvalue weighted by Crippen LogP contribution is 2.35. The summed E-state index contributed by atoms with van der Waals surface area (Å²) in [7, 11) is 1.58. The number of ether oxygens (including phenoxy) is 2. The Morgan fingerprint density at radius 3 is 2.41 bits per heavy atom. The predicted octanol–water partition coefficient (Wildman–Crippen LogP) is 6.16. The second-order valence-electron chi connectivity index (χ2n) is 7.08. The van der Waals surface area contributed by atoms with Crippen molar-refractivity contribution in [2.45, 2.75) is 13.2 Å². The number of halogens is 1. The van der Waals surface area contributed by atoms with E-state index in [-0.39, 0.29) is 17.7 Å². The number of thioether (sulfide) groups is 1. The van der Waals surface area contributed by atoms with Gasteiger partial charge in [0.15, 0.2) is 11.5 Å². The fourth-order valence-electron chi connectivity index (χ4n) is 3.19. The molecule has 0 radical (unpaired) electrons. The molecule has 1 heterocycles. The third-order valence-corrected chi connectivity index (χ3v) is 6.01. The van der Waals surface area contributed by atoms with Gasteiger partial charge in [-0.15, -0.1) is 0 Å². The topological polar surface area (TPSA) is 55.8 Å². The molecule has 1 aliphatic rings. The molecule has 162 valence electrons. The molecule has 4 rings (SSSR count). The van der Waals surface area contributed by atoms with E-state index < -0.39 is 0 Å². The minimum absolute atomic E-state index is 0.202. The van der Waals surface area contributed by atoms with E-state index >= 15 is 0 Å². The van der Waals surface area contributed by atoms with Crippen LogP contribution in [0.2, 0.25) is 5.02 Å². The molecule has 0 unspecified atom stereocenters. The first-order chi connectivity index (χ1) is 15.5. The van der Waals surface area contributed by atoms with Gasteiger partial charge in [0.2, 0.25) is 0 Å². The van der Waals surface area contributed by atoms with Crippen LogP contribution in [0.4, 0.5) is 4.79 Å². The largest absolute Gasteiger partial charge is 0.493 e. The monoisotopic (exact) mass is 465 g/mol. The van der Waals surface area contributed by atoms with Crippen LogP contribution in [-0.4, -0.2) is 23.2 Å². The molecule has 3 aromatic rings. The number of carbonyl (C=O) groups excluding carboxylic acids is 2. The van der Waals surface area contributed by atoms with Gasteiger partial charge in [0.05, 0.1) is 18.6 Å². The summed E-state index contributed by atoms with van der Waals surface area (Å²) >= 11 is 6.84. The van der Waals surface area contributed by atoms with Crippen molar-refractivity contribution in [3.8, 4) is 11.5 Å². The van der Waals surface area contributed by atoms with Gasteiger partial charge in [-0.2, -0.15) is 0 Å². The second-order valence-corrected chi connectivity index (χ2v) is 8.51. The van der Waals surface area contributed by atoms with E-state index in [0.717, 1.165) is 28.5 Å². The smallest absolute Gasteiger partial charge is 0.293 e. The summed E-state index contributed by atoms with van der Waals surface area (Å²) in [5, 5.41) is 0.304. The standard InChI is InChI=1S/C25H20ClNO4S/c1-30-21-12-9-19(13-22(21)31-16-18-5-3-2-4-6-18)14-23-24(28)27(25(29)32-23)15-17-7-10-20(26)11-8-17/h2-14H,15-16H2,1H3/b23-14+. The fraction of sp³-hybridized carbons (Fsp3) is 0.120. The number of methoxy groups -OCH3 is 1. The Balaban J connectivity index is 1.51. The van der Waals surface area contributed by atoms with Crippen molar-refractivity contribution >= 4 is 40.6 Å². The van der Waals surface area contributed by atoms with E-state index in [1.54, 1.807) is 49.6 Å². The normalized spacial score (nSPS) is 14.8. The first kappa shape index (κ1) is 22.0. The minimum atomic E-state index is -0.322. The van der Waals surface area contributed by atoms with Crippen LogP contribution in [0.25, 0.3) is 6.08 Å². The Kier molecular flexibility index (Phi) is 6.83. The first-order valence-electron chi connectivity index (χ1n) is 9.88. The summed E-state index contributed by atoms with van der Waals surface area (Å²) < 4.78 is 11.3. The average molecular weight is 466 g/mol. The van der Waals surface area contributed by atoms with Gasteiger partial charge >= 0.3 is 0 Å². The number of nitrogens with zero attached hydrogens (tertiary/aromatic N) is 1. The van der Waals surface area contributed by atoms with Crippen molar-refractivity contribution in [2.75, 3.05) is 7.11 Å². The van der Waals surface area contributed by atoms with Crippen LogP contribution < -0.4 is 9.47 Å². The molecule has 1 fully saturated rings. The van der Waals surface area contributed by atoms with E-state index in [9.17, 15) is 9.59 Å². The lowest BCUT2D eigenvalue weighted by atomic mass is 10.1. The Morgan fingerprint density at radius 1 is 0.938 bits per heavy atom. The van der Waals surface area contributed by atoms with Crippen LogP contribution in [0.15, 0.2) is 77.7 Å². The van der Waals surface area contributed by atoms with Crippen LogP contribution in [-0.2, 0) is 17.9 Å². The van der Waals surface area contributed by atoms with Gasteiger partial charge < -0.3 is 9.47 Å². The Hall–Kier alpha value is -3.22. The van der Waals surface area contributed by atoms with Crippen molar-refractivity contribution in [3.05, 3.63) is 99.4 Å². The lowest BCUT2D eigenvalue weighted by molar-refractivity contribution is -0.123. The molecule has 3 aromatic carbocycles. The van der Waals surface area contributed by atoms with Crippen molar-refractivity contribution in [1.82, 2.24) is 4.90 Å². The van der Waals surface area contributed by atoms with Crippen LogP contribution in [0.3, 0.4) is 0 Å². The van der Waals surface area contributed by atoms with Gasteiger partial charge in [-0.1, -0.05) is 60.1 Å². The van der Waals surface area contributed by atoms with Crippen LogP contribution >= 0.6 is 23.4 Å². The van der Waals surface area contributed by atoms with Crippen molar-refractivity contribution in [3.63, 3.8) is 0 Å². The molecule has 2 amide bonds. The summed E-state index contributed by atoms with van der Waals surface area (Å²) in [6, 6.07) is 22.3. The molecule has 5 nitrogen and oxygen atoms in total. The number of hydrogen-bond acceptors (Lipinski definition) is 5. The number of rotatable bonds is 7. The Bertz CT molecular complexity index is 1160. The van der Waals surface area contributed by atoms with Crippen molar-refractivity contribution in [2.24, 2.45) is 0 Å². The minimum Gasteiger partial charge on any atom is -0.493 e. The van der Waals surface area contributed by atoms with Gasteiger partial charge in [0, 0.05) is 5.02 Å². The van der Waals surface area contributed by atoms with E-state index in [2.05, 4.69) is 0 Å². The third kappa shape index (κ3) is 5.15. The summed E-state index contributed by atoms with van der Waals surface area (Å²) in [5.74, 6) is 0.831. The zero-order valence-corrected chi connectivity index (χ0v) is 18.9. The number of carbonyl (C=O) groups is 2. The van der Waals surface area contributed by atoms with E-state index in [0.29, 0.717) is 28.0 Å². The molecule has 0 bridgehead atoms. The first-order valence-corrected chi connectivity index (χ1v) is 11.1. The molecule has 1 aliphatic heterocycles. The number of amides is 2. The highest BCUT2D eigenvalue weighted by Gasteiger charge is 2.35. The summed E-state index contributed by atoms with van der Waals surface area (Å²) in [5.41, 5.74) is 2.60. The fourth-order valence-corrected chi connectivity index (χ4v) is 4.16. The van der Waals surface area contributed by atoms with Crippen LogP contribution in [0.5, 0.6) is 11.5 Å². The van der Waals surface area contributed by atoms with Crippen LogP contribution in [0.1, 0.15) is 16.7 Å². The quantitative estimate of drug-likeness (QED) is 0.391. The summed E-state index contributed by atoms with van der Waals surface area (Å²) in [6.07, 6.45) is 1.70. The lowest BCUT2D eigenvalue weighted by Gasteiger charge is -2.12. The highest BCUT2D eigenvalue weighted by atomic mass is 35.5. The lowest BCUT2D eigenvalue weighted by Crippen LogP contribution is -2.27. The highest BCUT2D eigenvalue weighted by molar-refractivity contribution is 8.18. The zero-order chi connectivity index (χ0) is 22.5. The predicted molar refractivity (Wildman–Crippen MR) is 127 cm³/mol. The third-order valence-electron chi connectivity index (χ3n) is 4.85. The van der Waals surface area contributed by atoms with Crippen molar-refractivity contribution < 1.29 is 19.1 Å². The Morgan fingerprint density at radius 2 is 1.69 bits per heavy atom. The average Bonchev–Trinajstić information content (AvgIpc) is 3.07. The maximum absolute atomic E-state index is 12.8. The molecular weight excluding hydrogens is 446 g/mol. The Labute approximate surface area is 195 Å². The molecule has 7 heteroatoms. The number of hydrogen-bond donors (Lipinski definition) is 0. The van der Waals surface area contributed by atoms with Gasteiger partial charge in [0.1, 0.15) is 6.61 Å². The maximum atomic E-state index is 12.8. The molecule has 32 heavy (non-hydrogen) atoms. The second kappa shape index (κ2) is 9.94. The summed E-state index contributed by atoms with van der Waals surface area (Å²) in [4.78, 5) is 26.9. The molecule has 0 N–H and O–H groups in total. The van der Waals surface area contributed by atoms with E-state index in [1.807, 2.05) is 36.4 Å². The molecule has 0 atom stereocenters.